The van der Waals surface area contributed by atoms with E-state index in [1.165, 1.54) is 0 Å². The Labute approximate surface area is 183 Å². The molecule has 3 N–H and O–H groups in total. The number of β-amino-alcohol motifs (C(OH)–C–C–N with tert-alkyl or cyclic N) is 1. The lowest BCUT2D eigenvalue weighted by Gasteiger charge is -2.44. The maximum atomic E-state index is 13.2. The number of anilines is 1. The van der Waals surface area contributed by atoms with Crippen LogP contribution in [-0.2, 0) is 14.3 Å². The average molecular weight is 436 g/mol. The molecule has 2 aliphatic rings. The van der Waals surface area contributed by atoms with E-state index in [1.807, 2.05) is 19.1 Å². The number of methoxy groups -OCH3 is 1. The third-order valence-corrected chi connectivity index (χ3v) is 5.58. The first-order valence-corrected chi connectivity index (χ1v) is 10.9. The van der Waals surface area contributed by atoms with Gasteiger partial charge in [0.05, 0.1) is 57.2 Å². The van der Waals surface area contributed by atoms with Crippen LogP contribution < -0.4 is 15.4 Å². The molecule has 172 valence electrons. The first-order chi connectivity index (χ1) is 15.0. The number of aliphatic hydroxyl groups excluding tert-OH is 1. The molecule has 0 bridgehead atoms. The SMILES string of the molecule is CCCNC(=O)C[C@H]1CC[C@H]2[C@@H](COC[C@@H](O)CN2C(=O)Nc2ccccc2OC)O1. The summed E-state index contributed by atoms with van der Waals surface area (Å²) in [7, 11) is 1.55. The van der Waals surface area contributed by atoms with Gasteiger partial charge >= 0.3 is 6.03 Å². The lowest BCUT2D eigenvalue weighted by Crippen LogP contribution is -2.58. The summed E-state index contributed by atoms with van der Waals surface area (Å²) in [6.45, 7) is 3.16. The zero-order valence-electron chi connectivity index (χ0n) is 18.2. The highest BCUT2D eigenvalue weighted by Gasteiger charge is 2.40. The van der Waals surface area contributed by atoms with Crippen molar-refractivity contribution < 1.29 is 28.9 Å². The molecule has 2 aliphatic heterocycles. The van der Waals surface area contributed by atoms with E-state index < -0.39 is 6.10 Å². The number of amides is 3. The summed E-state index contributed by atoms with van der Waals surface area (Å²) in [5.41, 5.74) is 0.557. The largest absolute Gasteiger partial charge is 0.495 e. The van der Waals surface area contributed by atoms with Crippen LogP contribution in [0.1, 0.15) is 32.6 Å². The summed E-state index contributed by atoms with van der Waals surface area (Å²) >= 11 is 0. The molecule has 0 saturated carbocycles. The van der Waals surface area contributed by atoms with E-state index in [0.717, 1.165) is 6.42 Å². The Hall–Kier alpha value is -2.36. The van der Waals surface area contributed by atoms with E-state index in [-0.39, 0.29) is 49.9 Å². The van der Waals surface area contributed by atoms with Crippen molar-refractivity contribution >= 4 is 17.6 Å². The molecule has 31 heavy (non-hydrogen) atoms. The summed E-state index contributed by atoms with van der Waals surface area (Å²) < 4.78 is 17.1. The minimum Gasteiger partial charge on any atom is -0.495 e. The highest BCUT2D eigenvalue weighted by molar-refractivity contribution is 5.91. The van der Waals surface area contributed by atoms with Gasteiger partial charge in [0.25, 0.3) is 0 Å². The van der Waals surface area contributed by atoms with Crippen molar-refractivity contribution in [2.45, 2.75) is 57.0 Å². The van der Waals surface area contributed by atoms with Crippen LogP contribution >= 0.6 is 0 Å². The molecule has 0 unspecified atom stereocenters. The minimum absolute atomic E-state index is 0.0294. The molecule has 1 aromatic carbocycles. The zero-order valence-corrected chi connectivity index (χ0v) is 18.2. The molecule has 0 aromatic heterocycles. The number of rotatable bonds is 6. The molecule has 0 spiro atoms. The Morgan fingerprint density at radius 2 is 2.06 bits per heavy atom. The van der Waals surface area contributed by atoms with Gasteiger partial charge in [-0.05, 0) is 31.4 Å². The number of urea groups is 1. The molecule has 1 aromatic rings. The number of aliphatic hydroxyl groups is 1. The van der Waals surface area contributed by atoms with E-state index in [1.54, 1.807) is 24.1 Å². The predicted molar refractivity (Wildman–Crippen MR) is 115 cm³/mol. The molecule has 3 amide bonds. The molecule has 9 nitrogen and oxygen atoms in total. The summed E-state index contributed by atoms with van der Waals surface area (Å²) in [5.74, 6) is 0.527. The Morgan fingerprint density at radius 1 is 1.26 bits per heavy atom. The molecule has 0 aliphatic carbocycles. The maximum Gasteiger partial charge on any atom is 0.322 e. The second-order valence-corrected chi connectivity index (χ2v) is 7.97. The normalized spacial score (nSPS) is 26.2. The van der Waals surface area contributed by atoms with Gasteiger partial charge in [0.1, 0.15) is 11.9 Å². The van der Waals surface area contributed by atoms with Crippen LogP contribution in [0.2, 0.25) is 0 Å². The Kier molecular flexibility index (Phi) is 8.51. The van der Waals surface area contributed by atoms with Crippen molar-refractivity contribution in [2.24, 2.45) is 0 Å². The van der Waals surface area contributed by atoms with Crippen molar-refractivity contribution in [1.29, 1.82) is 0 Å². The highest BCUT2D eigenvalue weighted by atomic mass is 16.5. The number of carbonyl (C=O) groups excluding carboxylic acids is 2. The van der Waals surface area contributed by atoms with Crippen molar-refractivity contribution in [3.05, 3.63) is 24.3 Å². The molecule has 4 atom stereocenters. The van der Waals surface area contributed by atoms with E-state index in [2.05, 4.69) is 10.6 Å². The lowest BCUT2D eigenvalue weighted by molar-refractivity contribution is -0.149. The molecule has 2 saturated heterocycles. The number of carbonyl (C=O) groups is 2. The number of hydrogen-bond donors (Lipinski definition) is 3. The number of fused-ring (bicyclic) bond motifs is 1. The molecule has 3 rings (SSSR count). The minimum atomic E-state index is -0.790. The molecule has 2 fully saturated rings. The fourth-order valence-electron chi connectivity index (χ4n) is 4.05. The Balaban J connectivity index is 1.69. The monoisotopic (exact) mass is 435 g/mol. The predicted octanol–water partition coefficient (Wildman–Crippen LogP) is 1.75. The molecule has 2 heterocycles. The third kappa shape index (κ3) is 6.32. The Bertz CT molecular complexity index is 746. The number of benzene rings is 1. The summed E-state index contributed by atoms with van der Waals surface area (Å²) in [6.07, 6.45) is 1.11. The van der Waals surface area contributed by atoms with Gasteiger partial charge in [-0.2, -0.15) is 0 Å². The standard InChI is InChI=1S/C22H33N3O6/c1-3-10-23-21(27)11-16-8-9-18-20(31-16)14-30-13-15(26)12-25(18)22(28)24-17-6-4-5-7-19(17)29-2/h4-7,15-16,18,20,26H,3,8-14H2,1-2H3,(H,23,27)(H,24,28)/t15-,16+,18-,20+/m0/s1. The van der Waals surface area contributed by atoms with Crippen LogP contribution in [-0.4, -0.2) is 79.7 Å². The Morgan fingerprint density at radius 3 is 2.84 bits per heavy atom. The van der Waals surface area contributed by atoms with Gasteiger partial charge in [-0.15, -0.1) is 0 Å². The van der Waals surface area contributed by atoms with Crippen LogP contribution in [0.25, 0.3) is 0 Å². The average Bonchev–Trinajstić information content (AvgIpc) is 2.75. The van der Waals surface area contributed by atoms with Crippen molar-refractivity contribution in [3.8, 4) is 5.75 Å². The van der Waals surface area contributed by atoms with E-state index >= 15 is 0 Å². The van der Waals surface area contributed by atoms with E-state index in [4.69, 9.17) is 14.2 Å². The fraction of sp³-hybridized carbons (Fsp3) is 0.636. The van der Waals surface area contributed by atoms with Gasteiger partial charge in [-0.25, -0.2) is 4.79 Å². The molecule has 0 radical (unpaired) electrons. The summed E-state index contributed by atoms with van der Waals surface area (Å²) in [5, 5.41) is 16.0. The number of hydrogen-bond acceptors (Lipinski definition) is 6. The summed E-state index contributed by atoms with van der Waals surface area (Å²) in [4.78, 5) is 26.9. The number of nitrogens with one attached hydrogen (secondary N) is 2. The molecular weight excluding hydrogens is 402 g/mol. The third-order valence-electron chi connectivity index (χ3n) is 5.58. The van der Waals surface area contributed by atoms with Crippen molar-refractivity contribution in [1.82, 2.24) is 10.2 Å². The van der Waals surface area contributed by atoms with Crippen molar-refractivity contribution in [3.63, 3.8) is 0 Å². The molecular formula is C22H33N3O6. The highest BCUT2D eigenvalue weighted by Crippen LogP contribution is 2.29. The van der Waals surface area contributed by atoms with Gasteiger partial charge in [-0.3, -0.25) is 4.79 Å². The zero-order chi connectivity index (χ0) is 22.2. The van der Waals surface area contributed by atoms with E-state index in [0.29, 0.717) is 37.2 Å². The number of para-hydroxylation sites is 2. The molecule has 9 heteroatoms. The fourth-order valence-corrected chi connectivity index (χ4v) is 4.05. The van der Waals surface area contributed by atoms with Crippen LogP contribution in [0.5, 0.6) is 5.75 Å². The first kappa shape index (κ1) is 23.3. The second kappa shape index (κ2) is 11.3. The van der Waals surface area contributed by atoms with Gasteiger partial charge < -0.3 is 34.9 Å². The van der Waals surface area contributed by atoms with Crippen molar-refractivity contribution in [2.75, 3.05) is 38.7 Å². The quantitative estimate of drug-likeness (QED) is 0.628. The van der Waals surface area contributed by atoms with Gasteiger partial charge in [0.15, 0.2) is 0 Å². The van der Waals surface area contributed by atoms with Crippen LogP contribution in [0.4, 0.5) is 10.5 Å². The number of nitrogens with zero attached hydrogens (tertiary/aromatic N) is 1. The van der Waals surface area contributed by atoms with Gasteiger partial charge in [-0.1, -0.05) is 19.1 Å². The summed E-state index contributed by atoms with van der Waals surface area (Å²) in [6, 6.07) is 6.58. The van der Waals surface area contributed by atoms with Crippen LogP contribution in [0.15, 0.2) is 24.3 Å². The topological polar surface area (TPSA) is 109 Å². The van der Waals surface area contributed by atoms with Gasteiger partial charge in [0.2, 0.25) is 5.91 Å². The van der Waals surface area contributed by atoms with Gasteiger partial charge in [0, 0.05) is 6.54 Å². The maximum absolute atomic E-state index is 13.2. The number of ether oxygens (including phenoxy) is 3. The smallest absolute Gasteiger partial charge is 0.322 e. The second-order valence-electron chi connectivity index (χ2n) is 7.97. The first-order valence-electron chi connectivity index (χ1n) is 10.9. The lowest BCUT2D eigenvalue weighted by atomic mass is 9.95. The van der Waals surface area contributed by atoms with Crippen LogP contribution in [0, 0.1) is 0 Å². The van der Waals surface area contributed by atoms with Crippen LogP contribution in [0.3, 0.4) is 0 Å². The van der Waals surface area contributed by atoms with E-state index in [9.17, 15) is 14.7 Å².